The van der Waals surface area contributed by atoms with Crippen LogP contribution in [0.15, 0.2) is 66.7 Å². The van der Waals surface area contributed by atoms with Crippen LogP contribution < -0.4 is 5.32 Å². The highest BCUT2D eigenvalue weighted by atomic mass is 19.1. The number of amides is 1. The normalized spacial score (nSPS) is 15.2. The van der Waals surface area contributed by atoms with E-state index in [-0.39, 0.29) is 35.6 Å². The van der Waals surface area contributed by atoms with Crippen molar-refractivity contribution in [3.05, 3.63) is 95.1 Å². The molecule has 0 aromatic heterocycles. The zero-order valence-electron chi connectivity index (χ0n) is 19.7. The van der Waals surface area contributed by atoms with E-state index in [0.717, 1.165) is 5.56 Å². The number of rotatable bonds is 7. The summed E-state index contributed by atoms with van der Waals surface area (Å²) in [6, 6.07) is 16.7. The monoisotopic (exact) mass is 480 g/mol. The summed E-state index contributed by atoms with van der Waals surface area (Å²) in [6.45, 7) is 3.80. The van der Waals surface area contributed by atoms with Gasteiger partial charge in [-0.25, -0.2) is 8.78 Å². The Kier molecular flexibility index (Phi) is 7.48. The highest BCUT2D eigenvalue weighted by Gasteiger charge is 2.41. The van der Waals surface area contributed by atoms with E-state index in [0.29, 0.717) is 49.3 Å². The van der Waals surface area contributed by atoms with Crippen molar-refractivity contribution in [1.82, 2.24) is 4.90 Å². The Morgan fingerprint density at radius 1 is 0.971 bits per heavy atom. The fourth-order valence-corrected chi connectivity index (χ4v) is 4.84. The first-order valence-corrected chi connectivity index (χ1v) is 11.8. The van der Waals surface area contributed by atoms with Crippen LogP contribution in [0.25, 0.3) is 0 Å². The second kappa shape index (κ2) is 10.5. The van der Waals surface area contributed by atoms with Gasteiger partial charge in [-0.15, -0.1) is 0 Å². The number of aryl methyl sites for hydroxylation is 1. The summed E-state index contributed by atoms with van der Waals surface area (Å²) in [7, 11) is 0. The first-order valence-electron chi connectivity index (χ1n) is 11.8. The molecule has 0 unspecified atom stereocenters. The van der Waals surface area contributed by atoms with Gasteiger partial charge in [0.05, 0.1) is 5.69 Å². The average Bonchev–Trinajstić information content (AvgIpc) is 2.86. The number of phenols is 1. The van der Waals surface area contributed by atoms with Gasteiger partial charge in [0.25, 0.3) is 0 Å². The fraction of sp³-hybridized carbons (Fsp3) is 0.321. The summed E-state index contributed by atoms with van der Waals surface area (Å²) in [5, 5.41) is 24.6. The van der Waals surface area contributed by atoms with Gasteiger partial charge in [0.1, 0.15) is 23.0 Å². The highest BCUT2D eigenvalue weighted by Crippen LogP contribution is 2.42. The maximum atomic E-state index is 13.6. The third-order valence-corrected chi connectivity index (χ3v) is 6.83. The number of phenolic OH excluding ortho intramolecular Hbond substituents is 1. The second-order valence-electron chi connectivity index (χ2n) is 9.21. The minimum absolute atomic E-state index is 0.0330. The number of carbonyl (C=O) groups is 1. The van der Waals surface area contributed by atoms with Gasteiger partial charge in [0.15, 0.2) is 0 Å². The molecule has 4 rings (SSSR count). The molecule has 0 radical (unpaired) electrons. The van der Waals surface area contributed by atoms with Crippen LogP contribution in [0, 0.1) is 24.5 Å². The zero-order chi connectivity index (χ0) is 25.0. The maximum absolute atomic E-state index is 13.6. The summed E-state index contributed by atoms with van der Waals surface area (Å²) >= 11 is 0. The zero-order valence-corrected chi connectivity index (χ0v) is 19.7. The predicted octanol–water partition coefficient (Wildman–Crippen LogP) is 4.96. The van der Waals surface area contributed by atoms with Crippen molar-refractivity contribution in [2.24, 2.45) is 5.92 Å². The number of hydrogen-bond donors (Lipinski definition) is 3. The number of benzene rings is 3. The number of aliphatic hydroxyl groups is 1. The molecule has 0 aliphatic carbocycles. The van der Waals surface area contributed by atoms with Crippen LogP contribution in [0.2, 0.25) is 0 Å². The molecule has 1 aliphatic rings. The third-order valence-electron chi connectivity index (χ3n) is 6.83. The number of carbonyl (C=O) groups excluding carboxylic acids is 1. The molecule has 3 N–H and O–H groups in total. The summed E-state index contributed by atoms with van der Waals surface area (Å²) in [5.74, 6) is -1.08. The number of aromatic hydroxyl groups is 1. The lowest BCUT2D eigenvalue weighted by Gasteiger charge is -2.42. The molecule has 35 heavy (non-hydrogen) atoms. The van der Waals surface area contributed by atoms with Crippen LogP contribution in [0.5, 0.6) is 5.75 Å². The molecule has 1 heterocycles. The molecule has 1 saturated heterocycles. The van der Waals surface area contributed by atoms with Crippen molar-refractivity contribution in [2.75, 3.05) is 25.0 Å². The molecule has 5 nitrogen and oxygen atoms in total. The van der Waals surface area contributed by atoms with Gasteiger partial charge in [0.2, 0.25) is 5.91 Å². The van der Waals surface area contributed by atoms with Gasteiger partial charge in [-0.3, -0.25) is 4.79 Å². The highest BCUT2D eigenvalue weighted by molar-refractivity contribution is 5.92. The summed E-state index contributed by atoms with van der Waals surface area (Å²) in [4.78, 5) is 14.6. The van der Waals surface area contributed by atoms with E-state index in [1.165, 1.54) is 24.3 Å². The van der Waals surface area contributed by atoms with Gasteiger partial charge in [-0.1, -0.05) is 30.3 Å². The predicted molar refractivity (Wildman–Crippen MR) is 131 cm³/mol. The molecule has 184 valence electrons. The average molecular weight is 481 g/mol. The molecule has 0 atom stereocenters. The van der Waals surface area contributed by atoms with E-state index in [4.69, 9.17) is 0 Å². The Morgan fingerprint density at radius 3 is 2.06 bits per heavy atom. The van der Waals surface area contributed by atoms with Crippen LogP contribution in [0.1, 0.15) is 36.0 Å². The maximum Gasteiger partial charge on any atom is 0.225 e. The van der Waals surface area contributed by atoms with Crippen LogP contribution in [-0.4, -0.2) is 40.7 Å². The summed E-state index contributed by atoms with van der Waals surface area (Å²) < 4.78 is 27.1. The van der Waals surface area contributed by atoms with Crippen molar-refractivity contribution in [3.63, 3.8) is 0 Å². The minimum atomic E-state index is -1.38. The van der Waals surface area contributed by atoms with Crippen molar-refractivity contribution >= 4 is 11.6 Å². The molecule has 0 bridgehead atoms. The Balaban J connectivity index is 1.40. The fourth-order valence-electron chi connectivity index (χ4n) is 4.84. The number of nitrogens with zero attached hydrogens (tertiary/aromatic N) is 1. The number of piperidine rings is 1. The SMILES string of the molecule is Cc1ccc(O)c(NC(=O)CCN2CCC(C(O)(c3ccc(F)cc3)c3ccc(F)cc3)CC2)c1. The summed E-state index contributed by atoms with van der Waals surface area (Å²) in [6.07, 6.45) is 1.59. The van der Waals surface area contributed by atoms with E-state index in [1.807, 2.05) is 6.92 Å². The molecular formula is C28H30F2N2O3. The first-order chi connectivity index (χ1) is 16.8. The Morgan fingerprint density at radius 2 is 1.51 bits per heavy atom. The van der Waals surface area contributed by atoms with E-state index >= 15 is 0 Å². The number of hydrogen-bond acceptors (Lipinski definition) is 4. The minimum Gasteiger partial charge on any atom is -0.506 e. The molecule has 3 aromatic carbocycles. The van der Waals surface area contributed by atoms with Gasteiger partial charge in [-0.05, 0) is 91.9 Å². The smallest absolute Gasteiger partial charge is 0.225 e. The lowest BCUT2D eigenvalue weighted by molar-refractivity contribution is -0.116. The molecule has 7 heteroatoms. The second-order valence-corrected chi connectivity index (χ2v) is 9.21. The van der Waals surface area contributed by atoms with Crippen LogP contribution in [0.4, 0.5) is 14.5 Å². The molecule has 1 aliphatic heterocycles. The van der Waals surface area contributed by atoms with Crippen LogP contribution >= 0.6 is 0 Å². The summed E-state index contributed by atoms with van der Waals surface area (Å²) in [5.41, 5.74) is 1.10. The number of anilines is 1. The van der Waals surface area contributed by atoms with Crippen LogP contribution in [-0.2, 0) is 10.4 Å². The molecule has 3 aromatic rings. The van der Waals surface area contributed by atoms with Gasteiger partial charge in [-0.2, -0.15) is 0 Å². The van der Waals surface area contributed by atoms with Gasteiger partial charge < -0.3 is 20.4 Å². The quantitative estimate of drug-likeness (QED) is 0.418. The molecular weight excluding hydrogens is 450 g/mol. The van der Waals surface area contributed by atoms with Gasteiger partial charge in [0, 0.05) is 13.0 Å². The van der Waals surface area contributed by atoms with Crippen LogP contribution in [0.3, 0.4) is 0 Å². The molecule has 0 spiro atoms. The van der Waals surface area contributed by atoms with E-state index < -0.39 is 5.60 Å². The van der Waals surface area contributed by atoms with E-state index in [1.54, 1.807) is 42.5 Å². The van der Waals surface area contributed by atoms with Crippen molar-refractivity contribution in [1.29, 1.82) is 0 Å². The number of halogens is 2. The Hall–Kier alpha value is -3.29. The molecule has 1 fully saturated rings. The third kappa shape index (κ3) is 5.69. The molecule has 0 saturated carbocycles. The Bertz CT molecular complexity index is 1110. The van der Waals surface area contributed by atoms with Gasteiger partial charge >= 0.3 is 0 Å². The van der Waals surface area contributed by atoms with E-state index in [9.17, 15) is 23.8 Å². The lowest BCUT2D eigenvalue weighted by atomic mass is 9.72. The Labute approximate surface area is 204 Å². The largest absolute Gasteiger partial charge is 0.506 e. The van der Waals surface area contributed by atoms with Crippen molar-refractivity contribution in [2.45, 2.75) is 31.8 Å². The van der Waals surface area contributed by atoms with Crippen molar-refractivity contribution < 1.29 is 23.8 Å². The number of nitrogens with one attached hydrogen (secondary N) is 1. The standard InChI is InChI=1S/C28H30F2N2O3/c1-19-2-11-26(33)25(18-19)31-27(34)14-17-32-15-12-22(13-16-32)28(35,20-3-7-23(29)8-4-20)21-5-9-24(30)10-6-21/h2-11,18,22,33,35H,12-17H2,1H3,(H,31,34). The first kappa shape index (κ1) is 24.8. The van der Waals surface area contributed by atoms with Crippen molar-refractivity contribution in [3.8, 4) is 5.75 Å². The number of likely N-dealkylation sites (tertiary alicyclic amines) is 1. The topological polar surface area (TPSA) is 72.8 Å². The van der Waals surface area contributed by atoms with E-state index in [2.05, 4.69) is 10.2 Å². The molecule has 1 amide bonds. The lowest BCUT2D eigenvalue weighted by Crippen LogP contribution is -2.44.